The molecule has 3 N–H and O–H groups in total. The van der Waals surface area contributed by atoms with Crippen LogP contribution in [0.5, 0.6) is 0 Å². The minimum atomic E-state index is -3.36. The largest absolute Gasteiger partial charge is 0.355 e. The zero-order valence-corrected chi connectivity index (χ0v) is 11.0. The highest BCUT2D eigenvalue weighted by Gasteiger charge is 2.23. The molecule has 1 atom stereocenters. The van der Waals surface area contributed by atoms with E-state index in [0.29, 0.717) is 25.4 Å². The summed E-state index contributed by atoms with van der Waals surface area (Å²) in [6.07, 6.45) is 0.389. The predicted molar refractivity (Wildman–Crippen MR) is 64.8 cm³/mol. The summed E-state index contributed by atoms with van der Waals surface area (Å²) in [4.78, 5) is 11.4. The van der Waals surface area contributed by atoms with Crippen LogP contribution in [0.2, 0.25) is 0 Å². The molecule has 0 saturated carbocycles. The van der Waals surface area contributed by atoms with Gasteiger partial charge in [0.2, 0.25) is 5.91 Å². The molecule has 0 aromatic carbocycles. The second-order valence-corrected chi connectivity index (χ2v) is 6.81. The molecular weight excluding hydrogens is 228 g/mol. The van der Waals surface area contributed by atoms with Gasteiger partial charge in [0.1, 0.15) is 5.75 Å². The number of carbonyl (C=O) groups is 1. The van der Waals surface area contributed by atoms with Crippen LogP contribution >= 0.6 is 0 Å². The summed E-state index contributed by atoms with van der Waals surface area (Å²) < 4.78 is 23.3. The average molecular weight is 250 g/mol. The van der Waals surface area contributed by atoms with E-state index in [9.17, 15) is 13.2 Å². The lowest BCUT2D eigenvalue weighted by atomic mass is 10.2. The Morgan fingerprint density at radius 2 is 1.88 bits per heavy atom. The van der Waals surface area contributed by atoms with Gasteiger partial charge >= 0.3 is 0 Å². The molecule has 0 heterocycles. The van der Waals surface area contributed by atoms with E-state index < -0.39 is 26.7 Å². The first-order valence-electron chi connectivity index (χ1n) is 5.48. The molecule has 5 nitrogen and oxygen atoms in total. The maximum absolute atomic E-state index is 11.7. The standard InChI is InChI=1S/C10H22N2O3S/c1-8(2)6-12-10(13)7-16(14,15)9(3)4-5-11/h8-9H,4-7,11H2,1-3H3,(H,12,13). The highest BCUT2D eigenvalue weighted by molar-refractivity contribution is 7.92. The van der Waals surface area contributed by atoms with Crippen LogP contribution in [-0.4, -0.2) is 38.4 Å². The Hall–Kier alpha value is -0.620. The number of sulfone groups is 1. The summed E-state index contributed by atoms with van der Waals surface area (Å²) in [5, 5.41) is 2.03. The molecule has 16 heavy (non-hydrogen) atoms. The number of amides is 1. The van der Waals surface area contributed by atoms with Gasteiger partial charge in [-0.05, 0) is 25.8 Å². The lowest BCUT2D eigenvalue weighted by Crippen LogP contribution is -2.36. The maximum Gasteiger partial charge on any atom is 0.235 e. The van der Waals surface area contributed by atoms with Crippen LogP contribution in [0.15, 0.2) is 0 Å². The third-order valence-corrected chi connectivity index (χ3v) is 4.35. The minimum Gasteiger partial charge on any atom is -0.355 e. The fourth-order valence-electron chi connectivity index (χ4n) is 1.11. The summed E-state index contributed by atoms with van der Waals surface area (Å²) in [6, 6.07) is 0. The number of nitrogens with one attached hydrogen (secondary N) is 1. The third kappa shape index (κ3) is 6.07. The molecule has 0 aliphatic carbocycles. The lowest BCUT2D eigenvalue weighted by molar-refractivity contribution is -0.118. The van der Waals surface area contributed by atoms with Gasteiger partial charge in [-0.2, -0.15) is 0 Å². The summed E-state index contributed by atoms with van der Waals surface area (Å²) >= 11 is 0. The first-order valence-corrected chi connectivity index (χ1v) is 7.19. The molecular formula is C10H22N2O3S. The number of nitrogens with two attached hydrogens (primary N) is 1. The van der Waals surface area contributed by atoms with Crippen LogP contribution in [0.1, 0.15) is 27.2 Å². The van der Waals surface area contributed by atoms with Crippen molar-refractivity contribution >= 4 is 15.7 Å². The molecule has 0 radical (unpaired) electrons. The number of carbonyl (C=O) groups excluding carboxylic acids is 1. The van der Waals surface area contributed by atoms with E-state index in [4.69, 9.17) is 5.73 Å². The quantitative estimate of drug-likeness (QED) is 0.661. The van der Waals surface area contributed by atoms with Gasteiger partial charge in [-0.3, -0.25) is 4.79 Å². The van der Waals surface area contributed by atoms with E-state index in [1.54, 1.807) is 6.92 Å². The second kappa shape index (κ2) is 6.85. The third-order valence-electron chi connectivity index (χ3n) is 2.23. The predicted octanol–water partition coefficient (Wildman–Crippen LogP) is -0.0893. The van der Waals surface area contributed by atoms with Gasteiger partial charge in [0.15, 0.2) is 9.84 Å². The molecule has 0 aromatic heterocycles. The molecule has 0 saturated heterocycles. The first kappa shape index (κ1) is 15.4. The van der Waals surface area contributed by atoms with Crippen molar-refractivity contribution < 1.29 is 13.2 Å². The van der Waals surface area contributed by atoms with Crippen molar-refractivity contribution in [3.05, 3.63) is 0 Å². The Morgan fingerprint density at radius 3 is 2.31 bits per heavy atom. The fraction of sp³-hybridized carbons (Fsp3) is 0.900. The summed E-state index contributed by atoms with van der Waals surface area (Å²) in [6.45, 7) is 6.29. The van der Waals surface area contributed by atoms with E-state index in [1.807, 2.05) is 13.8 Å². The van der Waals surface area contributed by atoms with Crippen molar-refractivity contribution in [1.29, 1.82) is 0 Å². The molecule has 1 amide bonds. The molecule has 1 unspecified atom stereocenters. The fourth-order valence-corrected chi connectivity index (χ4v) is 2.36. The zero-order chi connectivity index (χ0) is 12.8. The molecule has 6 heteroatoms. The summed E-state index contributed by atoms with van der Waals surface area (Å²) in [5.41, 5.74) is 5.29. The molecule has 0 aliphatic heterocycles. The Balaban J connectivity index is 4.21. The van der Waals surface area contributed by atoms with Crippen LogP contribution in [0.3, 0.4) is 0 Å². The van der Waals surface area contributed by atoms with E-state index >= 15 is 0 Å². The summed E-state index contributed by atoms with van der Waals surface area (Å²) in [7, 11) is -3.36. The number of hydrogen-bond acceptors (Lipinski definition) is 4. The topological polar surface area (TPSA) is 89.3 Å². The Bertz CT molecular complexity index is 312. The Kier molecular flexibility index (Phi) is 6.59. The van der Waals surface area contributed by atoms with Gasteiger partial charge in [0.25, 0.3) is 0 Å². The van der Waals surface area contributed by atoms with Gasteiger partial charge in [0.05, 0.1) is 5.25 Å². The first-order chi connectivity index (χ1) is 7.29. The molecule has 0 aromatic rings. The van der Waals surface area contributed by atoms with Crippen LogP contribution in [0.25, 0.3) is 0 Å². The molecule has 0 spiro atoms. The maximum atomic E-state index is 11.7. The van der Waals surface area contributed by atoms with Crippen molar-refractivity contribution in [2.24, 2.45) is 11.7 Å². The molecule has 0 bridgehead atoms. The van der Waals surface area contributed by atoms with Crippen LogP contribution in [-0.2, 0) is 14.6 Å². The van der Waals surface area contributed by atoms with E-state index in [1.165, 1.54) is 0 Å². The van der Waals surface area contributed by atoms with Crippen LogP contribution in [0, 0.1) is 5.92 Å². The normalized spacial score (nSPS) is 13.8. The molecule has 0 fully saturated rings. The SMILES string of the molecule is CC(C)CNC(=O)CS(=O)(=O)C(C)CCN. The highest BCUT2D eigenvalue weighted by atomic mass is 32.2. The van der Waals surface area contributed by atoms with Crippen molar-refractivity contribution in [2.45, 2.75) is 32.4 Å². The number of rotatable bonds is 7. The smallest absolute Gasteiger partial charge is 0.235 e. The van der Waals surface area contributed by atoms with Crippen LogP contribution in [0.4, 0.5) is 0 Å². The molecule has 0 aliphatic rings. The van der Waals surface area contributed by atoms with Crippen molar-refractivity contribution in [1.82, 2.24) is 5.32 Å². The zero-order valence-electron chi connectivity index (χ0n) is 10.2. The van der Waals surface area contributed by atoms with E-state index in [-0.39, 0.29) is 0 Å². The van der Waals surface area contributed by atoms with Gasteiger partial charge < -0.3 is 11.1 Å². The van der Waals surface area contributed by atoms with Crippen molar-refractivity contribution in [3.8, 4) is 0 Å². The van der Waals surface area contributed by atoms with Gasteiger partial charge in [-0.25, -0.2) is 8.42 Å². The van der Waals surface area contributed by atoms with Gasteiger partial charge in [-0.15, -0.1) is 0 Å². The molecule has 0 rings (SSSR count). The Labute approximate surface area is 97.7 Å². The average Bonchev–Trinajstić information content (AvgIpc) is 2.14. The monoisotopic (exact) mass is 250 g/mol. The minimum absolute atomic E-state index is 0.313. The highest BCUT2D eigenvalue weighted by Crippen LogP contribution is 2.05. The van der Waals surface area contributed by atoms with E-state index in [0.717, 1.165) is 0 Å². The second-order valence-electron chi connectivity index (χ2n) is 4.39. The van der Waals surface area contributed by atoms with Gasteiger partial charge in [-0.1, -0.05) is 13.8 Å². The Morgan fingerprint density at radius 1 is 1.31 bits per heavy atom. The van der Waals surface area contributed by atoms with Gasteiger partial charge in [0, 0.05) is 6.54 Å². The van der Waals surface area contributed by atoms with Crippen molar-refractivity contribution in [3.63, 3.8) is 0 Å². The molecule has 96 valence electrons. The summed E-state index contributed by atoms with van der Waals surface area (Å²) in [5.74, 6) is -0.563. The van der Waals surface area contributed by atoms with Crippen molar-refractivity contribution in [2.75, 3.05) is 18.8 Å². The number of hydrogen-bond donors (Lipinski definition) is 2. The lowest BCUT2D eigenvalue weighted by Gasteiger charge is -2.12. The van der Waals surface area contributed by atoms with Crippen LogP contribution < -0.4 is 11.1 Å². The van der Waals surface area contributed by atoms with E-state index in [2.05, 4.69) is 5.32 Å².